The summed E-state index contributed by atoms with van der Waals surface area (Å²) in [5.41, 5.74) is 1.47. The molecule has 0 rings (SSSR count). The molecule has 0 saturated carbocycles. The van der Waals surface area contributed by atoms with Crippen molar-refractivity contribution >= 4 is 17.5 Å². The highest BCUT2D eigenvalue weighted by Gasteiger charge is 1.92. The molecule has 0 aliphatic heterocycles. The minimum Gasteiger partial charge on any atom is -0.386 e. The van der Waals surface area contributed by atoms with Gasteiger partial charge in [-0.25, -0.2) is 0 Å². The molecule has 0 fully saturated rings. The molecule has 0 saturated heterocycles. The number of nitrogens with one attached hydrogen (secondary N) is 2. The quantitative estimate of drug-likeness (QED) is 0.690. The van der Waals surface area contributed by atoms with Crippen molar-refractivity contribution < 1.29 is 0 Å². The summed E-state index contributed by atoms with van der Waals surface area (Å²) in [5, 5.41) is 12.0. The van der Waals surface area contributed by atoms with E-state index in [-0.39, 0.29) is 0 Å². The van der Waals surface area contributed by atoms with Crippen LogP contribution in [0.4, 0.5) is 0 Å². The molecule has 3 heteroatoms. The molecule has 80 valence electrons. The lowest BCUT2D eigenvalue weighted by Gasteiger charge is -2.01. The van der Waals surface area contributed by atoms with E-state index < -0.39 is 0 Å². The van der Waals surface area contributed by atoms with E-state index in [1.807, 2.05) is 46.4 Å². The van der Waals surface area contributed by atoms with E-state index in [4.69, 9.17) is 5.41 Å². The summed E-state index contributed by atoms with van der Waals surface area (Å²) in [6.45, 7) is 9.76. The minimum atomic E-state index is 0.576. The molecule has 0 aliphatic rings. The maximum Gasteiger partial charge on any atom is 0.0610 e. The largest absolute Gasteiger partial charge is 0.386 e. The van der Waals surface area contributed by atoms with Crippen LogP contribution in [-0.4, -0.2) is 19.0 Å². The van der Waals surface area contributed by atoms with Crippen LogP contribution in [0, 0.1) is 5.41 Å². The van der Waals surface area contributed by atoms with Crippen molar-refractivity contribution in [3.8, 4) is 0 Å². The van der Waals surface area contributed by atoms with Gasteiger partial charge in [-0.15, -0.1) is 11.8 Å². The first-order valence-corrected chi connectivity index (χ1v) is 5.97. The Labute approximate surface area is 87.7 Å². The number of hydrogen-bond acceptors (Lipinski definition) is 3. The molecule has 0 aromatic carbocycles. The summed E-state index contributed by atoms with van der Waals surface area (Å²) in [5.74, 6) is 0. The van der Waals surface area contributed by atoms with Gasteiger partial charge in [0, 0.05) is 7.05 Å². The predicted molar refractivity (Wildman–Crippen MR) is 66.8 cm³/mol. The lowest BCUT2D eigenvalue weighted by molar-refractivity contribution is 1.05. The van der Waals surface area contributed by atoms with Crippen LogP contribution in [0.15, 0.2) is 11.1 Å². The van der Waals surface area contributed by atoms with Gasteiger partial charge in [0.15, 0.2) is 0 Å². The van der Waals surface area contributed by atoms with Gasteiger partial charge in [-0.05, 0) is 18.6 Å². The van der Waals surface area contributed by atoms with Crippen molar-refractivity contribution in [1.82, 2.24) is 5.32 Å². The predicted octanol–water partition coefficient (Wildman–Crippen LogP) is 3.50. The molecule has 0 bridgehead atoms. The number of rotatable bonds is 3. The first-order valence-electron chi connectivity index (χ1n) is 4.68. The Kier molecular flexibility index (Phi) is 24.9. The molecule has 2 N–H and O–H groups in total. The third kappa shape index (κ3) is 14.4. The lowest BCUT2D eigenvalue weighted by atomic mass is 10.3. The smallest absolute Gasteiger partial charge is 0.0610 e. The van der Waals surface area contributed by atoms with Crippen molar-refractivity contribution in [3.63, 3.8) is 0 Å². The van der Waals surface area contributed by atoms with Gasteiger partial charge in [0.05, 0.1) is 11.4 Å². The molecule has 13 heavy (non-hydrogen) atoms. The highest BCUT2D eigenvalue weighted by molar-refractivity contribution is 8.01. The SMILES string of the molecule is CC.CC.CN/C(=C\SC)C(C)=N. The standard InChI is InChI=1S/C6H12N2S.2C2H6/c1-5(7)6(8-2)4-9-3;2*1-2/h4,7-8H,1-3H3;2*1-2H3/b6-4-,7-5?;;. The zero-order chi connectivity index (χ0) is 11.3. The molecular formula is C10H24N2S. The molecule has 0 radical (unpaired) electrons. The van der Waals surface area contributed by atoms with Crippen molar-refractivity contribution in [2.75, 3.05) is 13.3 Å². The van der Waals surface area contributed by atoms with Gasteiger partial charge in [-0.2, -0.15) is 0 Å². The summed E-state index contributed by atoms with van der Waals surface area (Å²) >= 11 is 1.60. The van der Waals surface area contributed by atoms with Gasteiger partial charge in [-0.1, -0.05) is 27.7 Å². The Bertz CT molecular complexity index is 131. The molecule has 0 aliphatic carbocycles. The fraction of sp³-hybridized carbons (Fsp3) is 0.700. The zero-order valence-electron chi connectivity index (χ0n) is 9.99. The molecule has 0 spiro atoms. The van der Waals surface area contributed by atoms with Crippen LogP contribution in [0.5, 0.6) is 0 Å². The Hall–Kier alpha value is -0.440. The molecule has 0 aromatic heterocycles. The van der Waals surface area contributed by atoms with E-state index in [1.54, 1.807) is 18.7 Å². The summed E-state index contributed by atoms with van der Waals surface area (Å²) in [4.78, 5) is 0. The van der Waals surface area contributed by atoms with E-state index in [0.717, 1.165) is 5.70 Å². The van der Waals surface area contributed by atoms with Gasteiger partial charge < -0.3 is 10.7 Å². The van der Waals surface area contributed by atoms with Crippen LogP contribution in [0.25, 0.3) is 0 Å². The maximum atomic E-state index is 7.21. The Morgan fingerprint density at radius 2 is 1.62 bits per heavy atom. The highest BCUT2D eigenvalue weighted by Crippen LogP contribution is 1.99. The second-order valence-electron chi connectivity index (χ2n) is 1.64. The van der Waals surface area contributed by atoms with Gasteiger partial charge in [0.2, 0.25) is 0 Å². The molecule has 0 amide bonds. The molecule has 0 unspecified atom stereocenters. The minimum absolute atomic E-state index is 0.576. The zero-order valence-corrected chi connectivity index (χ0v) is 10.8. The molecule has 0 heterocycles. The van der Waals surface area contributed by atoms with Gasteiger partial charge in [0.25, 0.3) is 0 Å². The summed E-state index contributed by atoms with van der Waals surface area (Å²) < 4.78 is 0. The van der Waals surface area contributed by atoms with E-state index in [2.05, 4.69) is 5.32 Å². The Balaban J connectivity index is -0.000000218. The van der Waals surface area contributed by atoms with Crippen LogP contribution >= 0.6 is 11.8 Å². The maximum absolute atomic E-state index is 7.21. The van der Waals surface area contributed by atoms with Crippen LogP contribution < -0.4 is 5.32 Å². The highest BCUT2D eigenvalue weighted by atomic mass is 32.2. The van der Waals surface area contributed by atoms with E-state index in [9.17, 15) is 0 Å². The average Bonchev–Trinajstić information content (AvgIpc) is 2.20. The van der Waals surface area contributed by atoms with Gasteiger partial charge in [-0.3, -0.25) is 0 Å². The van der Waals surface area contributed by atoms with Crippen LogP contribution in [0.1, 0.15) is 34.6 Å². The van der Waals surface area contributed by atoms with E-state index >= 15 is 0 Å². The van der Waals surface area contributed by atoms with E-state index in [0.29, 0.717) is 5.71 Å². The van der Waals surface area contributed by atoms with Crippen molar-refractivity contribution in [3.05, 3.63) is 11.1 Å². The number of allylic oxidation sites excluding steroid dienone is 1. The van der Waals surface area contributed by atoms with Crippen molar-refractivity contribution in [2.24, 2.45) is 0 Å². The fourth-order valence-corrected chi connectivity index (χ4v) is 0.983. The lowest BCUT2D eigenvalue weighted by Crippen LogP contribution is -2.11. The van der Waals surface area contributed by atoms with Crippen LogP contribution in [0.3, 0.4) is 0 Å². The Morgan fingerprint density at radius 1 is 1.23 bits per heavy atom. The topological polar surface area (TPSA) is 35.9 Å². The van der Waals surface area contributed by atoms with Crippen LogP contribution in [-0.2, 0) is 0 Å². The summed E-state index contributed by atoms with van der Waals surface area (Å²) in [6, 6.07) is 0. The number of thioether (sulfide) groups is 1. The van der Waals surface area contributed by atoms with E-state index in [1.165, 1.54) is 0 Å². The molecular weight excluding hydrogens is 180 g/mol. The third-order valence-electron chi connectivity index (χ3n) is 0.909. The molecule has 0 atom stereocenters. The Morgan fingerprint density at radius 3 is 1.69 bits per heavy atom. The van der Waals surface area contributed by atoms with Crippen molar-refractivity contribution in [1.29, 1.82) is 5.41 Å². The second kappa shape index (κ2) is 17.6. The first-order chi connectivity index (χ1) is 6.22. The average molecular weight is 204 g/mol. The molecule has 0 aromatic rings. The first kappa shape index (κ1) is 18.4. The fourth-order valence-electron chi connectivity index (χ4n) is 0.453. The van der Waals surface area contributed by atoms with Gasteiger partial charge in [0.1, 0.15) is 0 Å². The monoisotopic (exact) mass is 204 g/mol. The normalized spacial score (nSPS) is 8.69. The third-order valence-corrected chi connectivity index (χ3v) is 1.38. The van der Waals surface area contributed by atoms with Crippen molar-refractivity contribution in [2.45, 2.75) is 34.6 Å². The summed E-state index contributed by atoms with van der Waals surface area (Å²) in [6.07, 6.45) is 1.97. The number of hydrogen-bond donors (Lipinski definition) is 2. The molecule has 2 nitrogen and oxygen atoms in total. The summed E-state index contributed by atoms with van der Waals surface area (Å²) in [7, 11) is 1.82. The second-order valence-corrected chi connectivity index (χ2v) is 2.35. The van der Waals surface area contributed by atoms with Crippen LogP contribution in [0.2, 0.25) is 0 Å². The van der Waals surface area contributed by atoms with Gasteiger partial charge >= 0.3 is 0 Å².